The van der Waals surface area contributed by atoms with Gasteiger partial charge >= 0.3 is 17.9 Å². The maximum atomic E-state index is 11.5. The van der Waals surface area contributed by atoms with Crippen LogP contribution in [0.4, 0.5) is 0 Å². The van der Waals surface area contributed by atoms with Gasteiger partial charge < -0.3 is 14.9 Å². The number of hydrogen-bond acceptors (Lipinski definition) is 4. The van der Waals surface area contributed by atoms with E-state index in [1.165, 1.54) is 44.9 Å². The minimum atomic E-state index is -1.59. The minimum absolute atomic E-state index is 0.139. The zero-order valence-corrected chi connectivity index (χ0v) is 14.8. The molecule has 0 saturated heterocycles. The summed E-state index contributed by atoms with van der Waals surface area (Å²) in [6.45, 7) is 2.21. The molecule has 6 heteroatoms. The topological polar surface area (TPSA) is 101 Å². The second-order valence-corrected chi connectivity index (χ2v) is 6.20. The van der Waals surface area contributed by atoms with Gasteiger partial charge in [0.15, 0.2) is 0 Å². The summed E-state index contributed by atoms with van der Waals surface area (Å²) in [5.74, 6) is -3.37. The van der Waals surface area contributed by atoms with E-state index in [1.807, 2.05) is 0 Å². The molecule has 0 fully saturated rings. The molecule has 0 aromatic heterocycles. The van der Waals surface area contributed by atoms with Gasteiger partial charge in [0.05, 0.1) is 6.42 Å². The Bertz CT molecular complexity index is 367. The van der Waals surface area contributed by atoms with Crippen LogP contribution in [0.1, 0.15) is 90.4 Å². The van der Waals surface area contributed by atoms with Crippen LogP contribution in [0.2, 0.25) is 0 Å². The van der Waals surface area contributed by atoms with E-state index >= 15 is 0 Å². The Morgan fingerprint density at radius 1 is 0.792 bits per heavy atom. The van der Waals surface area contributed by atoms with Crippen molar-refractivity contribution < 1.29 is 29.3 Å². The number of rotatable bonds is 16. The first-order valence-electron chi connectivity index (χ1n) is 9.11. The lowest BCUT2D eigenvalue weighted by Crippen LogP contribution is -2.29. The van der Waals surface area contributed by atoms with E-state index in [4.69, 9.17) is 14.9 Å². The number of carboxylic acid groups (broad SMARTS) is 2. The van der Waals surface area contributed by atoms with E-state index in [9.17, 15) is 14.4 Å². The second-order valence-electron chi connectivity index (χ2n) is 6.20. The van der Waals surface area contributed by atoms with Crippen molar-refractivity contribution in [3.05, 3.63) is 0 Å². The fourth-order valence-corrected chi connectivity index (χ4v) is 2.49. The van der Waals surface area contributed by atoms with E-state index in [-0.39, 0.29) is 6.42 Å². The van der Waals surface area contributed by atoms with Crippen LogP contribution in [0.3, 0.4) is 0 Å². The molecule has 24 heavy (non-hydrogen) atoms. The van der Waals surface area contributed by atoms with Gasteiger partial charge in [-0.15, -0.1) is 0 Å². The van der Waals surface area contributed by atoms with Crippen LogP contribution in [-0.2, 0) is 19.1 Å². The molecular weight excluding hydrogens is 312 g/mol. The zero-order valence-electron chi connectivity index (χ0n) is 14.8. The quantitative estimate of drug-likeness (QED) is 0.322. The van der Waals surface area contributed by atoms with Gasteiger partial charge in [0.1, 0.15) is 0 Å². The summed E-state index contributed by atoms with van der Waals surface area (Å²) in [6, 6.07) is 0. The molecule has 0 amide bonds. The largest absolute Gasteiger partial charge is 0.481 e. The normalized spacial score (nSPS) is 11.9. The van der Waals surface area contributed by atoms with Crippen molar-refractivity contribution in [3.8, 4) is 0 Å². The first kappa shape index (κ1) is 22.4. The number of hydrogen-bond donors (Lipinski definition) is 2. The van der Waals surface area contributed by atoms with Gasteiger partial charge in [-0.2, -0.15) is 0 Å². The summed E-state index contributed by atoms with van der Waals surface area (Å²) < 4.78 is 4.70. The van der Waals surface area contributed by atoms with Gasteiger partial charge in [-0.05, 0) is 6.42 Å². The highest BCUT2D eigenvalue weighted by Crippen LogP contribution is 2.12. The van der Waals surface area contributed by atoms with Crippen molar-refractivity contribution in [2.45, 2.75) is 96.5 Å². The van der Waals surface area contributed by atoms with Crippen molar-refractivity contribution in [2.24, 2.45) is 0 Å². The molecule has 0 radical (unpaired) electrons. The highest BCUT2D eigenvalue weighted by Gasteiger charge is 2.24. The fourth-order valence-electron chi connectivity index (χ4n) is 2.49. The van der Waals surface area contributed by atoms with Crippen LogP contribution in [-0.4, -0.2) is 34.2 Å². The molecular formula is C18H32O6. The second kappa shape index (κ2) is 15.0. The fraction of sp³-hybridized carbons (Fsp3) is 0.833. The summed E-state index contributed by atoms with van der Waals surface area (Å²) in [5, 5.41) is 17.4. The van der Waals surface area contributed by atoms with Crippen LogP contribution < -0.4 is 0 Å². The number of esters is 1. The molecule has 140 valence electrons. The average molecular weight is 344 g/mol. The summed E-state index contributed by atoms with van der Waals surface area (Å²) in [7, 11) is 0. The first-order chi connectivity index (χ1) is 11.5. The van der Waals surface area contributed by atoms with E-state index in [0.29, 0.717) is 6.42 Å². The maximum absolute atomic E-state index is 11.5. The lowest BCUT2D eigenvalue weighted by molar-refractivity contribution is -0.167. The van der Waals surface area contributed by atoms with Crippen molar-refractivity contribution in [1.82, 2.24) is 0 Å². The molecule has 0 aromatic carbocycles. The molecule has 2 N–H and O–H groups in total. The van der Waals surface area contributed by atoms with Crippen molar-refractivity contribution >= 4 is 17.9 Å². The summed E-state index contributed by atoms with van der Waals surface area (Å²) >= 11 is 0. The van der Waals surface area contributed by atoms with E-state index in [2.05, 4.69) is 6.92 Å². The monoisotopic (exact) mass is 344 g/mol. The van der Waals surface area contributed by atoms with Crippen molar-refractivity contribution in [1.29, 1.82) is 0 Å². The van der Waals surface area contributed by atoms with Gasteiger partial charge in [-0.25, -0.2) is 4.79 Å². The van der Waals surface area contributed by atoms with Crippen LogP contribution in [0, 0.1) is 0 Å². The van der Waals surface area contributed by atoms with Crippen LogP contribution in [0.15, 0.2) is 0 Å². The molecule has 0 unspecified atom stereocenters. The predicted molar refractivity (Wildman–Crippen MR) is 90.8 cm³/mol. The molecule has 0 saturated carbocycles. The molecule has 0 spiro atoms. The zero-order chi connectivity index (χ0) is 18.2. The van der Waals surface area contributed by atoms with Gasteiger partial charge in [-0.3, -0.25) is 9.59 Å². The molecule has 6 nitrogen and oxygen atoms in total. The first-order valence-corrected chi connectivity index (χ1v) is 9.11. The Labute approximate surface area is 144 Å². The van der Waals surface area contributed by atoms with Crippen molar-refractivity contribution in [3.63, 3.8) is 0 Å². The number of aliphatic carboxylic acids is 2. The Hall–Kier alpha value is -1.59. The number of ether oxygens (including phenoxy) is 1. The minimum Gasteiger partial charge on any atom is -0.481 e. The van der Waals surface area contributed by atoms with Gasteiger partial charge in [-0.1, -0.05) is 71.1 Å². The Kier molecular flexibility index (Phi) is 14.0. The molecule has 0 aliphatic carbocycles. The number of unbranched alkanes of at least 4 members (excludes halogenated alkanes) is 10. The highest BCUT2D eigenvalue weighted by molar-refractivity contribution is 5.82. The average Bonchev–Trinajstić information content (AvgIpc) is 2.51. The molecule has 0 bridgehead atoms. The van der Waals surface area contributed by atoms with Crippen LogP contribution >= 0.6 is 0 Å². The third-order valence-corrected chi connectivity index (χ3v) is 3.89. The summed E-state index contributed by atoms with van der Waals surface area (Å²) in [6.07, 6.45) is 10.6. The number of carbonyl (C=O) groups excluding carboxylic acids is 1. The Morgan fingerprint density at radius 2 is 1.25 bits per heavy atom. The van der Waals surface area contributed by atoms with Crippen LogP contribution in [0.25, 0.3) is 0 Å². The molecule has 0 aliphatic heterocycles. The number of carboxylic acids is 2. The maximum Gasteiger partial charge on any atom is 0.345 e. The van der Waals surface area contributed by atoms with Crippen molar-refractivity contribution in [2.75, 3.05) is 0 Å². The van der Waals surface area contributed by atoms with E-state index in [1.54, 1.807) is 0 Å². The number of carbonyl (C=O) groups is 3. The van der Waals surface area contributed by atoms with Crippen LogP contribution in [0.5, 0.6) is 0 Å². The Morgan fingerprint density at radius 3 is 1.67 bits per heavy atom. The summed E-state index contributed by atoms with van der Waals surface area (Å²) in [5.41, 5.74) is 0. The third-order valence-electron chi connectivity index (χ3n) is 3.89. The molecule has 0 heterocycles. The predicted octanol–water partition coefficient (Wildman–Crippen LogP) is 4.16. The third kappa shape index (κ3) is 14.0. The van der Waals surface area contributed by atoms with E-state index in [0.717, 1.165) is 19.3 Å². The SMILES string of the molecule is CCCCCCCCCCCCCC(=O)O[C@@H](CC(=O)O)C(=O)O. The Balaban J connectivity index is 3.54. The molecule has 0 aromatic rings. The van der Waals surface area contributed by atoms with Gasteiger partial charge in [0, 0.05) is 6.42 Å². The highest BCUT2D eigenvalue weighted by atomic mass is 16.6. The van der Waals surface area contributed by atoms with Gasteiger partial charge in [0.25, 0.3) is 0 Å². The lowest BCUT2D eigenvalue weighted by atomic mass is 10.1. The van der Waals surface area contributed by atoms with Gasteiger partial charge in [0.2, 0.25) is 6.10 Å². The molecule has 1 atom stereocenters. The molecule has 0 aliphatic rings. The lowest BCUT2D eigenvalue weighted by Gasteiger charge is -2.11. The summed E-state index contributed by atoms with van der Waals surface area (Å²) in [4.78, 5) is 32.8. The standard InChI is InChI=1S/C18H32O6/c1-2-3-4-5-6-7-8-9-10-11-12-13-17(21)24-15(18(22)23)14-16(19)20/h15H,2-14H2,1H3,(H,19,20)(H,22,23)/t15-/m0/s1. The van der Waals surface area contributed by atoms with E-state index < -0.39 is 30.4 Å². The smallest absolute Gasteiger partial charge is 0.345 e. The molecule has 0 rings (SSSR count).